The van der Waals surface area contributed by atoms with Crippen LogP contribution < -0.4 is 10.1 Å². The number of piperazine rings is 1. The zero-order valence-corrected chi connectivity index (χ0v) is 17.4. The van der Waals surface area contributed by atoms with Crippen molar-refractivity contribution in [2.45, 2.75) is 13.0 Å². The van der Waals surface area contributed by atoms with Gasteiger partial charge in [0.15, 0.2) is 5.75 Å². The van der Waals surface area contributed by atoms with Gasteiger partial charge in [-0.05, 0) is 43.3 Å². The zero-order valence-electron chi connectivity index (χ0n) is 17.4. The highest BCUT2D eigenvalue weighted by Crippen LogP contribution is 2.38. The van der Waals surface area contributed by atoms with Crippen LogP contribution in [0.4, 0.5) is 16.2 Å². The summed E-state index contributed by atoms with van der Waals surface area (Å²) in [7, 11) is 0. The fourth-order valence-corrected chi connectivity index (χ4v) is 4.08. The first-order valence-electron chi connectivity index (χ1n) is 10.5. The minimum atomic E-state index is -0.0739. The van der Waals surface area contributed by atoms with E-state index in [1.54, 1.807) is 0 Å². The summed E-state index contributed by atoms with van der Waals surface area (Å²) in [5.41, 5.74) is 2.58. The van der Waals surface area contributed by atoms with E-state index in [1.165, 1.54) is 0 Å². The maximum absolute atomic E-state index is 12.8. The molecule has 0 saturated carbocycles. The molecule has 0 spiro atoms. The first kappa shape index (κ1) is 19.2. The molecule has 3 aromatic rings. The number of nitrogens with one attached hydrogen (secondary N) is 1. The average molecular weight is 412 g/mol. The van der Waals surface area contributed by atoms with Gasteiger partial charge in [0.2, 0.25) is 0 Å². The topological polar surface area (TPSA) is 57.2 Å². The summed E-state index contributed by atoms with van der Waals surface area (Å²) in [4.78, 5) is 21.9. The van der Waals surface area contributed by atoms with Crippen LogP contribution in [0.5, 0.6) is 11.5 Å². The first-order valence-corrected chi connectivity index (χ1v) is 10.5. The molecule has 2 heterocycles. The Hall–Kier alpha value is -3.80. The molecule has 2 amide bonds. The normalized spacial score (nSPS) is 17.6. The number of fused-ring (bicyclic) bond motifs is 2. The lowest BCUT2D eigenvalue weighted by Crippen LogP contribution is -2.56. The van der Waals surface area contributed by atoms with Crippen molar-refractivity contribution in [1.82, 2.24) is 9.80 Å². The minimum Gasteiger partial charge on any atom is -0.454 e. The Balaban J connectivity index is 1.39. The Bertz CT molecular complexity index is 1130. The summed E-state index contributed by atoms with van der Waals surface area (Å²) in [5, 5.41) is 2.99. The third kappa shape index (κ3) is 3.84. The van der Waals surface area contributed by atoms with Crippen LogP contribution in [0, 0.1) is 0 Å². The lowest BCUT2D eigenvalue weighted by Gasteiger charge is -2.41. The summed E-state index contributed by atoms with van der Waals surface area (Å²) in [6, 6.07) is 25.3. The monoisotopic (exact) mass is 412 g/mol. The highest BCUT2D eigenvalue weighted by atomic mass is 16.5. The number of anilines is 1. The van der Waals surface area contributed by atoms with Gasteiger partial charge in [-0.15, -0.1) is 0 Å². The number of rotatable bonds is 1. The highest BCUT2D eigenvalue weighted by Gasteiger charge is 2.31. The standard InChI is InChI=1S/C25H24N4O2/c1-18-17-28(15-16-29(18)25(30)26-19-9-3-2-4-10-19)24-20-11-5-7-13-22(20)31-23-14-8-6-12-21(23)27-24/h2-14,18H,15-17H2,1H3,(H,26,30). The number of nitrogens with zero attached hydrogens (tertiary/aromatic N) is 3. The summed E-state index contributed by atoms with van der Waals surface area (Å²) in [5.74, 6) is 2.43. The maximum Gasteiger partial charge on any atom is 0.322 e. The van der Waals surface area contributed by atoms with Crippen LogP contribution >= 0.6 is 0 Å². The molecule has 0 aromatic heterocycles. The first-order chi connectivity index (χ1) is 15.2. The molecule has 1 saturated heterocycles. The van der Waals surface area contributed by atoms with Crippen LogP contribution in [0.3, 0.4) is 0 Å². The minimum absolute atomic E-state index is 0.0340. The number of aliphatic imine (C=N–C) groups is 1. The van der Waals surface area contributed by atoms with Crippen molar-refractivity contribution in [2.24, 2.45) is 4.99 Å². The number of carbonyl (C=O) groups is 1. The largest absolute Gasteiger partial charge is 0.454 e. The van der Waals surface area contributed by atoms with Crippen molar-refractivity contribution in [1.29, 1.82) is 0 Å². The molecule has 31 heavy (non-hydrogen) atoms. The Labute approximate surface area is 181 Å². The van der Waals surface area contributed by atoms with E-state index < -0.39 is 0 Å². The van der Waals surface area contributed by atoms with Gasteiger partial charge in [0.25, 0.3) is 0 Å². The lowest BCUT2D eigenvalue weighted by molar-refractivity contribution is 0.145. The molecule has 156 valence electrons. The van der Waals surface area contributed by atoms with E-state index in [2.05, 4.69) is 17.1 Å². The van der Waals surface area contributed by atoms with Crippen molar-refractivity contribution < 1.29 is 9.53 Å². The number of urea groups is 1. The Morgan fingerprint density at radius 1 is 0.935 bits per heavy atom. The van der Waals surface area contributed by atoms with Gasteiger partial charge in [-0.25, -0.2) is 9.79 Å². The van der Waals surface area contributed by atoms with E-state index in [-0.39, 0.29) is 12.1 Å². The van der Waals surface area contributed by atoms with E-state index in [1.807, 2.05) is 83.8 Å². The number of benzene rings is 3. The van der Waals surface area contributed by atoms with Crippen LogP contribution in [0.2, 0.25) is 0 Å². The van der Waals surface area contributed by atoms with Crippen LogP contribution in [0.1, 0.15) is 12.5 Å². The van der Waals surface area contributed by atoms with Crippen LogP contribution in [0.15, 0.2) is 83.9 Å². The fourth-order valence-electron chi connectivity index (χ4n) is 4.08. The zero-order chi connectivity index (χ0) is 21.2. The van der Waals surface area contributed by atoms with Gasteiger partial charge in [-0.1, -0.05) is 42.5 Å². The van der Waals surface area contributed by atoms with Crippen molar-refractivity contribution >= 4 is 23.2 Å². The Kier molecular flexibility index (Phi) is 5.04. The number of ether oxygens (including phenoxy) is 1. The number of amides is 2. The molecule has 0 bridgehead atoms. The molecule has 1 fully saturated rings. The fraction of sp³-hybridized carbons (Fsp3) is 0.200. The predicted octanol–water partition coefficient (Wildman–Crippen LogP) is 5.11. The van der Waals surface area contributed by atoms with Gasteiger partial charge in [-0.3, -0.25) is 0 Å². The predicted molar refractivity (Wildman–Crippen MR) is 122 cm³/mol. The number of hydrogen-bond acceptors (Lipinski definition) is 4. The molecule has 0 aliphatic carbocycles. The molecule has 1 atom stereocenters. The van der Waals surface area contributed by atoms with Gasteiger partial charge in [-0.2, -0.15) is 0 Å². The molecule has 6 nitrogen and oxygen atoms in total. The third-order valence-electron chi connectivity index (χ3n) is 5.65. The van der Waals surface area contributed by atoms with Crippen LogP contribution in [-0.2, 0) is 0 Å². The van der Waals surface area contributed by atoms with Crippen molar-refractivity contribution in [3.8, 4) is 11.5 Å². The summed E-state index contributed by atoms with van der Waals surface area (Å²) in [6.07, 6.45) is 0. The van der Waals surface area contributed by atoms with Crippen LogP contribution in [0.25, 0.3) is 0 Å². The van der Waals surface area contributed by atoms with Crippen molar-refractivity contribution in [2.75, 3.05) is 25.0 Å². The third-order valence-corrected chi connectivity index (χ3v) is 5.65. The van der Waals surface area contributed by atoms with Gasteiger partial charge in [0.1, 0.15) is 17.3 Å². The molecule has 1 unspecified atom stereocenters. The summed E-state index contributed by atoms with van der Waals surface area (Å²) >= 11 is 0. The van der Waals surface area contributed by atoms with E-state index >= 15 is 0 Å². The van der Waals surface area contributed by atoms with Gasteiger partial charge >= 0.3 is 6.03 Å². The molecule has 3 aromatic carbocycles. The number of amidine groups is 1. The van der Waals surface area contributed by atoms with E-state index in [4.69, 9.17) is 9.73 Å². The van der Waals surface area contributed by atoms with Gasteiger partial charge < -0.3 is 19.9 Å². The Morgan fingerprint density at radius 2 is 1.65 bits per heavy atom. The van der Waals surface area contributed by atoms with Gasteiger partial charge in [0.05, 0.1) is 5.56 Å². The Morgan fingerprint density at radius 3 is 2.45 bits per heavy atom. The molecule has 2 aliphatic rings. The van der Waals surface area contributed by atoms with Crippen molar-refractivity contribution in [3.05, 3.63) is 84.4 Å². The average Bonchev–Trinajstić information content (AvgIpc) is 2.96. The van der Waals surface area contributed by atoms with Gasteiger partial charge in [0, 0.05) is 31.4 Å². The molecule has 0 radical (unpaired) electrons. The molecule has 5 rings (SSSR count). The van der Waals surface area contributed by atoms with E-state index in [0.29, 0.717) is 19.6 Å². The van der Waals surface area contributed by atoms with E-state index in [9.17, 15) is 4.79 Å². The number of carbonyl (C=O) groups excluding carboxylic acids is 1. The summed E-state index contributed by atoms with van der Waals surface area (Å²) < 4.78 is 6.16. The second-order valence-corrected chi connectivity index (χ2v) is 7.79. The SMILES string of the molecule is CC1CN(C2=Nc3ccccc3Oc3ccccc32)CCN1C(=O)Nc1ccccc1. The quantitative estimate of drug-likeness (QED) is 0.604. The smallest absolute Gasteiger partial charge is 0.322 e. The number of para-hydroxylation sites is 4. The number of hydrogen-bond donors (Lipinski definition) is 1. The van der Waals surface area contributed by atoms with E-state index in [0.717, 1.165) is 34.3 Å². The molecule has 6 heteroatoms. The molecule has 1 N–H and O–H groups in total. The second kappa shape index (κ2) is 8.14. The lowest BCUT2D eigenvalue weighted by atomic mass is 10.1. The summed E-state index contributed by atoms with van der Waals surface area (Å²) in [6.45, 7) is 4.08. The second-order valence-electron chi connectivity index (χ2n) is 7.79. The molecular formula is C25H24N4O2. The molecule has 2 aliphatic heterocycles. The molecular weight excluding hydrogens is 388 g/mol. The van der Waals surface area contributed by atoms with Crippen molar-refractivity contribution in [3.63, 3.8) is 0 Å². The highest BCUT2D eigenvalue weighted by molar-refractivity contribution is 6.04. The maximum atomic E-state index is 12.8. The van der Waals surface area contributed by atoms with Crippen LogP contribution in [-0.4, -0.2) is 47.3 Å².